The molecule has 0 aliphatic carbocycles. The quantitative estimate of drug-likeness (QED) is 0.785. The number of aromatic carboxylic acids is 1. The summed E-state index contributed by atoms with van der Waals surface area (Å²) in [5, 5.41) is 8.64. The Labute approximate surface area is 80.6 Å². The van der Waals surface area contributed by atoms with Crippen molar-refractivity contribution in [3.05, 3.63) is 48.2 Å². The molecule has 0 aliphatic rings. The van der Waals surface area contributed by atoms with Gasteiger partial charge in [0.2, 0.25) is 5.76 Å². The van der Waals surface area contributed by atoms with Crippen molar-refractivity contribution in [1.82, 2.24) is 0 Å². The molecule has 0 fully saturated rings. The summed E-state index contributed by atoms with van der Waals surface area (Å²) in [7, 11) is 0. The predicted octanol–water partition coefficient (Wildman–Crippen LogP) is 2.44. The van der Waals surface area contributed by atoms with E-state index in [-0.39, 0.29) is 5.76 Å². The molecule has 1 heterocycles. The number of carboxylic acid groups (broad SMARTS) is 1. The van der Waals surface area contributed by atoms with Crippen LogP contribution in [0.5, 0.6) is 0 Å². The molecular formula is C11H7O3. The van der Waals surface area contributed by atoms with Crippen molar-refractivity contribution in [1.29, 1.82) is 0 Å². The Morgan fingerprint density at radius 3 is 2.79 bits per heavy atom. The normalized spacial score (nSPS) is 10.0. The highest BCUT2D eigenvalue weighted by atomic mass is 16.4. The lowest BCUT2D eigenvalue weighted by Crippen LogP contribution is -1.91. The Morgan fingerprint density at radius 1 is 1.36 bits per heavy atom. The lowest BCUT2D eigenvalue weighted by molar-refractivity contribution is 0.0663. The Morgan fingerprint density at radius 2 is 2.21 bits per heavy atom. The minimum absolute atomic E-state index is 0.0520. The molecule has 2 aromatic rings. The number of carboxylic acids is 1. The smallest absolute Gasteiger partial charge is 0.371 e. The Bertz CT molecular complexity index is 443. The van der Waals surface area contributed by atoms with Crippen LogP contribution >= 0.6 is 0 Å². The van der Waals surface area contributed by atoms with Crippen LogP contribution in [0.4, 0.5) is 0 Å². The molecule has 0 atom stereocenters. The zero-order chi connectivity index (χ0) is 9.97. The number of benzene rings is 1. The van der Waals surface area contributed by atoms with E-state index in [1.807, 2.05) is 12.1 Å². The van der Waals surface area contributed by atoms with Crippen LogP contribution in [0.2, 0.25) is 0 Å². The average molecular weight is 187 g/mol. The van der Waals surface area contributed by atoms with Crippen molar-refractivity contribution in [2.75, 3.05) is 0 Å². The van der Waals surface area contributed by atoms with Crippen LogP contribution in [0.15, 0.2) is 40.8 Å². The van der Waals surface area contributed by atoms with E-state index in [0.717, 1.165) is 5.56 Å². The largest absolute Gasteiger partial charge is 0.475 e. The topological polar surface area (TPSA) is 50.4 Å². The van der Waals surface area contributed by atoms with E-state index in [1.165, 1.54) is 6.07 Å². The Hall–Kier alpha value is -2.03. The SMILES string of the molecule is O=C(O)c1ccc(-c2c[c]ccc2)o1. The Balaban J connectivity index is 2.39. The lowest BCUT2D eigenvalue weighted by atomic mass is 10.2. The van der Waals surface area contributed by atoms with Crippen molar-refractivity contribution in [3.63, 3.8) is 0 Å². The fourth-order valence-electron chi connectivity index (χ4n) is 1.15. The van der Waals surface area contributed by atoms with Crippen molar-refractivity contribution in [2.24, 2.45) is 0 Å². The van der Waals surface area contributed by atoms with Crippen LogP contribution in [-0.4, -0.2) is 11.1 Å². The molecular weight excluding hydrogens is 180 g/mol. The second-order valence-corrected chi connectivity index (χ2v) is 2.76. The predicted molar refractivity (Wildman–Crippen MR) is 49.9 cm³/mol. The number of hydrogen-bond acceptors (Lipinski definition) is 2. The summed E-state index contributed by atoms with van der Waals surface area (Å²) in [5.74, 6) is -0.570. The number of rotatable bonds is 2. The first kappa shape index (κ1) is 8.56. The van der Waals surface area contributed by atoms with Gasteiger partial charge < -0.3 is 9.52 Å². The zero-order valence-corrected chi connectivity index (χ0v) is 7.23. The molecule has 1 aromatic heterocycles. The van der Waals surface area contributed by atoms with Gasteiger partial charge in [-0.05, 0) is 24.3 Å². The van der Waals surface area contributed by atoms with Gasteiger partial charge >= 0.3 is 5.97 Å². The van der Waals surface area contributed by atoms with Crippen molar-refractivity contribution >= 4 is 5.97 Å². The maximum Gasteiger partial charge on any atom is 0.371 e. The van der Waals surface area contributed by atoms with Gasteiger partial charge in [0.05, 0.1) is 0 Å². The first-order valence-corrected chi connectivity index (χ1v) is 4.07. The molecule has 0 bridgehead atoms. The molecule has 14 heavy (non-hydrogen) atoms. The molecule has 3 heteroatoms. The van der Waals surface area contributed by atoms with Gasteiger partial charge in [-0.1, -0.05) is 18.2 Å². The number of furan rings is 1. The molecule has 0 spiro atoms. The summed E-state index contributed by atoms with van der Waals surface area (Å²) >= 11 is 0. The minimum Gasteiger partial charge on any atom is -0.475 e. The summed E-state index contributed by atoms with van der Waals surface area (Å²) < 4.78 is 5.11. The standard InChI is InChI=1S/C11H7O3/c12-11(13)10-7-6-9(14-10)8-4-2-1-3-5-8/h1-2,4-7H,(H,12,13). The summed E-state index contributed by atoms with van der Waals surface area (Å²) in [5.41, 5.74) is 0.819. The third-order valence-corrected chi connectivity index (χ3v) is 1.81. The van der Waals surface area contributed by atoms with Crippen LogP contribution in [0, 0.1) is 6.07 Å². The molecule has 0 aliphatic heterocycles. The third-order valence-electron chi connectivity index (χ3n) is 1.81. The van der Waals surface area contributed by atoms with Crippen LogP contribution in [0.25, 0.3) is 11.3 Å². The minimum atomic E-state index is -1.06. The fourth-order valence-corrected chi connectivity index (χ4v) is 1.15. The van der Waals surface area contributed by atoms with Crippen molar-refractivity contribution in [2.45, 2.75) is 0 Å². The second-order valence-electron chi connectivity index (χ2n) is 2.76. The fraction of sp³-hybridized carbons (Fsp3) is 0. The van der Waals surface area contributed by atoms with Gasteiger partial charge in [-0.2, -0.15) is 0 Å². The molecule has 1 radical (unpaired) electrons. The van der Waals surface area contributed by atoms with Crippen molar-refractivity contribution < 1.29 is 14.3 Å². The third kappa shape index (κ3) is 1.52. The van der Waals surface area contributed by atoms with Gasteiger partial charge in [0.15, 0.2) is 0 Å². The molecule has 0 amide bonds. The van der Waals surface area contributed by atoms with Gasteiger partial charge in [0.1, 0.15) is 5.76 Å². The van der Waals surface area contributed by atoms with E-state index in [4.69, 9.17) is 9.52 Å². The molecule has 0 unspecified atom stereocenters. The first-order valence-electron chi connectivity index (χ1n) is 4.07. The van der Waals surface area contributed by atoms with Gasteiger partial charge in [-0.25, -0.2) is 4.79 Å². The van der Waals surface area contributed by atoms with Crippen LogP contribution < -0.4 is 0 Å². The highest BCUT2D eigenvalue weighted by molar-refractivity contribution is 5.85. The van der Waals surface area contributed by atoms with Crippen LogP contribution in [0.3, 0.4) is 0 Å². The highest BCUT2D eigenvalue weighted by Gasteiger charge is 2.09. The van der Waals surface area contributed by atoms with Gasteiger partial charge in [0, 0.05) is 5.56 Å². The summed E-state index contributed by atoms with van der Waals surface area (Å²) in [6.45, 7) is 0. The van der Waals surface area contributed by atoms with E-state index in [2.05, 4.69) is 6.07 Å². The molecule has 3 nitrogen and oxygen atoms in total. The van der Waals surface area contributed by atoms with Gasteiger partial charge in [-0.3, -0.25) is 0 Å². The zero-order valence-electron chi connectivity index (χ0n) is 7.23. The number of carbonyl (C=O) groups is 1. The van der Waals surface area contributed by atoms with Crippen LogP contribution in [0.1, 0.15) is 10.6 Å². The molecule has 0 saturated carbocycles. The van der Waals surface area contributed by atoms with E-state index in [9.17, 15) is 4.79 Å². The lowest BCUT2D eigenvalue weighted by Gasteiger charge is -1.93. The Kier molecular flexibility index (Phi) is 2.07. The maximum atomic E-state index is 10.5. The summed E-state index contributed by atoms with van der Waals surface area (Å²) in [6, 6.07) is 13.1. The van der Waals surface area contributed by atoms with Gasteiger partial charge in [-0.15, -0.1) is 0 Å². The van der Waals surface area contributed by atoms with Crippen molar-refractivity contribution in [3.8, 4) is 11.3 Å². The summed E-state index contributed by atoms with van der Waals surface area (Å²) in [6.07, 6.45) is 0. The number of hydrogen-bond donors (Lipinski definition) is 1. The molecule has 1 aromatic carbocycles. The van der Waals surface area contributed by atoms with Gasteiger partial charge in [0.25, 0.3) is 0 Å². The highest BCUT2D eigenvalue weighted by Crippen LogP contribution is 2.21. The first-order chi connectivity index (χ1) is 6.77. The second kappa shape index (κ2) is 3.38. The van der Waals surface area contributed by atoms with E-state index >= 15 is 0 Å². The average Bonchev–Trinajstić information content (AvgIpc) is 2.68. The molecule has 0 saturated heterocycles. The maximum absolute atomic E-state index is 10.5. The van der Waals surface area contributed by atoms with E-state index in [0.29, 0.717) is 5.76 Å². The van der Waals surface area contributed by atoms with E-state index in [1.54, 1.807) is 18.2 Å². The van der Waals surface area contributed by atoms with E-state index < -0.39 is 5.97 Å². The molecule has 2 rings (SSSR count). The molecule has 69 valence electrons. The summed E-state index contributed by atoms with van der Waals surface area (Å²) in [4.78, 5) is 10.5. The van der Waals surface area contributed by atoms with Crippen LogP contribution in [-0.2, 0) is 0 Å². The monoisotopic (exact) mass is 187 g/mol. The molecule has 1 N–H and O–H groups in total.